The molecule has 0 radical (unpaired) electrons. The summed E-state index contributed by atoms with van der Waals surface area (Å²) in [4.78, 5) is 45.1. The van der Waals surface area contributed by atoms with Gasteiger partial charge in [0.05, 0.1) is 6.42 Å². The van der Waals surface area contributed by atoms with Crippen molar-refractivity contribution < 1.29 is 33.8 Å². The van der Waals surface area contributed by atoms with E-state index in [0.29, 0.717) is 0 Å². The fraction of sp³-hybridized carbons (Fsp3) is 0.600. The number of carbonyl (C=O) groups excluding carboxylic acids is 3. The minimum atomic E-state index is -2.13. The standard InChI is InChI=1S/C10H13NO7/c1-3-11-9(16)10(18-5(2)12)4-6(13)17-7(10)8(14)15/h7H,3-4H2,1-2H3,(H,11,16)(H,14,15). The normalized spacial score (nSPS) is 26.3. The third-order valence-corrected chi connectivity index (χ3v) is 2.35. The highest BCUT2D eigenvalue weighted by Gasteiger charge is 2.61. The number of ether oxygens (including phenoxy) is 2. The van der Waals surface area contributed by atoms with E-state index in [1.54, 1.807) is 6.92 Å². The molecule has 0 bridgehead atoms. The lowest BCUT2D eigenvalue weighted by atomic mass is 9.93. The topological polar surface area (TPSA) is 119 Å². The Labute approximate surface area is 102 Å². The fourth-order valence-corrected chi connectivity index (χ4v) is 1.73. The third-order valence-electron chi connectivity index (χ3n) is 2.35. The highest BCUT2D eigenvalue weighted by molar-refractivity contribution is 6.00. The van der Waals surface area contributed by atoms with Gasteiger partial charge >= 0.3 is 17.9 Å². The van der Waals surface area contributed by atoms with Crippen LogP contribution in [0.3, 0.4) is 0 Å². The smallest absolute Gasteiger partial charge is 0.349 e. The molecule has 1 fully saturated rings. The minimum Gasteiger partial charge on any atom is -0.478 e. The molecule has 0 aromatic heterocycles. The van der Waals surface area contributed by atoms with Gasteiger partial charge < -0.3 is 19.9 Å². The number of esters is 2. The van der Waals surface area contributed by atoms with Crippen molar-refractivity contribution in [2.75, 3.05) is 6.54 Å². The van der Waals surface area contributed by atoms with Gasteiger partial charge in [-0.2, -0.15) is 0 Å². The molecule has 100 valence electrons. The van der Waals surface area contributed by atoms with E-state index in [1.807, 2.05) is 0 Å². The maximum atomic E-state index is 11.9. The monoisotopic (exact) mass is 259 g/mol. The molecule has 2 atom stereocenters. The van der Waals surface area contributed by atoms with Crippen molar-refractivity contribution in [3.63, 3.8) is 0 Å². The van der Waals surface area contributed by atoms with E-state index < -0.39 is 41.9 Å². The maximum Gasteiger partial charge on any atom is 0.349 e. The van der Waals surface area contributed by atoms with E-state index in [2.05, 4.69) is 10.1 Å². The second-order valence-electron chi connectivity index (χ2n) is 3.73. The molecule has 2 N–H and O–H groups in total. The third kappa shape index (κ3) is 2.41. The molecule has 8 heteroatoms. The Morgan fingerprint density at radius 2 is 2.17 bits per heavy atom. The molecular weight excluding hydrogens is 246 g/mol. The number of carbonyl (C=O) groups is 4. The summed E-state index contributed by atoms with van der Waals surface area (Å²) in [6.07, 6.45) is -2.45. The van der Waals surface area contributed by atoms with E-state index in [-0.39, 0.29) is 6.54 Å². The molecule has 0 aliphatic carbocycles. The lowest BCUT2D eigenvalue weighted by molar-refractivity contribution is -0.181. The molecule has 0 aromatic rings. The molecule has 8 nitrogen and oxygen atoms in total. The van der Waals surface area contributed by atoms with Crippen LogP contribution >= 0.6 is 0 Å². The Balaban J connectivity index is 3.16. The fourth-order valence-electron chi connectivity index (χ4n) is 1.73. The van der Waals surface area contributed by atoms with Crippen LogP contribution in [0.4, 0.5) is 0 Å². The highest BCUT2D eigenvalue weighted by atomic mass is 16.6. The first-order valence-corrected chi connectivity index (χ1v) is 5.23. The van der Waals surface area contributed by atoms with Crippen LogP contribution in [0.2, 0.25) is 0 Å². The second kappa shape index (κ2) is 5.03. The zero-order valence-corrected chi connectivity index (χ0v) is 9.89. The van der Waals surface area contributed by atoms with Crippen LogP contribution < -0.4 is 5.32 Å². The van der Waals surface area contributed by atoms with E-state index >= 15 is 0 Å². The molecular formula is C10H13NO7. The van der Waals surface area contributed by atoms with Gasteiger partial charge in [0, 0.05) is 13.5 Å². The number of hydrogen-bond donors (Lipinski definition) is 2. The molecule has 1 heterocycles. The predicted octanol–water partition coefficient (Wildman–Crippen LogP) is -1.18. The van der Waals surface area contributed by atoms with Crippen LogP contribution in [0.15, 0.2) is 0 Å². The number of hydrogen-bond acceptors (Lipinski definition) is 6. The van der Waals surface area contributed by atoms with Crippen LogP contribution in [0.5, 0.6) is 0 Å². The molecule has 1 saturated heterocycles. The van der Waals surface area contributed by atoms with Gasteiger partial charge in [-0.25, -0.2) is 4.79 Å². The van der Waals surface area contributed by atoms with Crippen molar-refractivity contribution >= 4 is 23.8 Å². The molecule has 1 aliphatic heterocycles. The van der Waals surface area contributed by atoms with Crippen molar-refractivity contribution in [2.45, 2.75) is 32.0 Å². The van der Waals surface area contributed by atoms with Gasteiger partial charge in [-0.3, -0.25) is 14.4 Å². The first kappa shape index (κ1) is 13.9. The Kier molecular flexibility index (Phi) is 3.89. The Morgan fingerprint density at radius 1 is 1.56 bits per heavy atom. The second-order valence-corrected chi connectivity index (χ2v) is 3.73. The zero-order chi connectivity index (χ0) is 13.9. The number of cyclic esters (lactones) is 1. The minimum absolute atomic E-state index is 0.197. The zero-order valence-electron chi connectivity index (χ0n) is 9.89. The van der Waals surface area contributed by atoms with Gasteiger partial charge in [0.1, 0.15) is 0 Å². The Hall–Kier alpha value is -2.12. The number of amides is 1. The van der Waals surface area contributed by atoms with Crippen molar-refractivity contribution in [1.29, 1.82) is 0 Å². The van der Waals surface area contributed by atoms with Crippen molar-refractivity contribution in [3.8, 4) is 0 Å². The molecule has 0 saturated carbocycles. The quantitative estimate of drug-likeness (QED) is 0.610. The molecule has 18 heavy (non-hydrogen) atoms. The molecule has 1 rings (SSSR count). The van der Waals surface area contributed by atoms with Crippen molar-refractivity contribution in [1.82, 2.24) is 5.32 Å². The summed E-state index contributed by atoms with van der Waals surface area (Å²) in [6, 6.07) is 0. The number of rotatable bonds is 4. The average molecular weight is 259 g/mol. The van der Waals surface area contributed by atoms with E-state index in [0.717, 1.165) is 6.92 Å². The molecule has 1 aliphatic rings. The van der Waals surface area contributed by atoms with E-state index in [1.165, 1.54) is 0 Å². The van der Waals surface area contributed by atoms with Gasteiger partial charge in [0.2, 0.25) is 11.7 Å². The summed E-state index contributed by atoms with van der Waals surface area (Å²) >= 11 is 0. The van der Waals surface area contributed by atoms with Gasteiger partial charge in [-0.15, -0.1) is 0 Å². The van der Waals surface area contributed by atoms with Gasteiger partial charge in [-0.1, -0.05) is 0 Å². The predicted molar refractivity (Wildman–Crippen MR) is 55.3 cm³/mol. The van der Waals surface area contributed by atoms with E-state index in [9.17, 15) is 19.2 Å². The summed E-state index contributed by atoms with van der Waals surface area (Å²) < 4.78 is 9.31. The lowest BCUT2D eigenvalue weighted by Gasteiger charge is -2.27. The largest absolute Gasteiger partial charge is 0.478 e. The summed E-state index contributed by atoms with van der Waals surface area (Å²) in [6.45, 7) is 2.82. The van der Waals surface area contributed by atoms with Gasteiger partial charge in [0.25, 0.3) is 5.91 Å². The maximum absolute atomic E-state index is 11.9. The number of carboxylic acid groups (broad SMARTS) is 1. The van der Waals surface area contributed by atoms with Crippen LogP contribution in [0, 0.1) is 0 Å². The Bertz CT molecular complexity index is 405. The highest BCUT2D eigenvalue weighted by Crippen LogP contribution is 2.32. The van der Waals surface area contributed by atoms with E-state index in [4.69, 9.17) is 9.84 Å². The summed E-state index contributed by atoms with van der Waals surface area (Å²) in [5.41, 5.74) is -2.13. The summed E-state index contributed by atoms with van der Waals surface area (Å²) in [5.74, 6) is -4.19. The number of likely N-dealkylation sites (N-methyl/N-ethyl adjacent to an activating group) is 1. The molecule has 2 unspecified atom stereocenters. The molecule has 0 aromatic carbocycles. The van der Waals surface area contributed by atoms with Crippen LogP contribution in [0.25, 0.3) is 0 Å². The van der Waals surface area contributed by atoms with Crippen molar-refractivity contribution in [2.24, 2.45) is 0 Å². The Morgan fingerprint density at radius 3 is 2.61 bits per heavy atom. The number of aliphatic carboxylic acids is 1. The molecule has 1 amide bonds. The van der Waals surface area contributed by atoms with Gasteiger partial charge in [-0.05, 0) is 6.92 Å². The van der Waals surface area contributed by atoms with Crippen LogP contribution in [-0.2, 0) is 28.7 Å². The van der Waals surface area contributed by atoms with Crippen LogP contribution in [-0.4, -0.2) is 47.2 Å². The SMILES string of the molecule is CCNC(=O)C1(OC(C)=O)CC(=O)OC1C(=O)O. The number of nitrogens with one attached hydrogen (secondary N) is 1. The van der Waals surface area contributed by atoms with Gasteiger partial charge in [0.15, 0.2) is 0 Å². The van der Waals surface area contributed by atoms with Crippen LogP contribution in [0.1, 0.15) is 20.3 Å². The lowest BCUT2D eigenvalue weighted by Crippen LogP contribution is -2.57. The summed E-state index contributed by atoms with van der Waals surface area (Å²) in [7, 11) is 0. The molecule has 0 spiro atoms. The first-order valence-electron chi connectivity index (χ1n) is 5.23. The average Bonchev–Trinajstić information content (AvgIpc) is 2.56. The number of carboxylic acids is 1. The summed E-state index contributed by atoms with van der Waals surface area (Å²) in [5, 5.41) is 11.3. The van der Waals surface area contributed by atoms with Crippen molar-refractivity contribution in [3.05, 3.63) is 0 Å². The first-order chi connectivity index (χ1) is 8.33.